The Kier molecular flexibility index (Phi) is 7.97. The van der Waals surface area contributed by atoms with Crippen molar-refractivity contribution in [2.24, 2.45) is 0 Å². The quantitative estimate of drug-likeness (QED) is 0.412. The average Bonchev–Trinajstić information content (AvgIpc) is 2.86. The van der Waals surface area contributed by atoms with Crippen LogP contribution in [0.5, 0.6) is 5.75 Å². The number of nitrogens with two attached hydrogens (primary N) is 1. The summed E-state index contributed by atoms with van der Waals surface area (Å²) in [7, 11) is 1.96. The minimum atomic E-state index is -4.99. The topological polar surface area (TPSA) is 151 Å². The Morgan fingerprint density at radius 3 is 2.34 bits per heavy atom. The van der Waals surface area contributed by atoms with E-state index in [1.165, 1.54) is 24.8 Å². The summed E-state index contributed by atoms with van der Waals surface area (Å²) in [5.41, 5.74) is 6.13. The molecule has 3 heterocycles. The molecule has 1 saturated heterocycles. The van der Waals surface area contributed by atoms with Crippen molar-refractivity contribution in [3.8, 4) is 17.0 Å². The molecule has 0 spiro atoms. The highest BCUT2D eigenvalue weighted by molar-refractivity contribution is 6.05. The van der Waals surface area contributed by atoms with E-state index >= 15 is 0 Å². The lowest BCUT2D eigenvalue weighted by Gasteiger charge is -2.31. The van der Waals surface area contributed by atoms with E-state index in [0.29, 0.717) is 24.3 Å². The van der Waals surface area contributed by atoms with E-state index in [-0.39, 0.29) is 29.6 Å². The van der Waals surface area contributed by atoms with Crippen LogP contribution in [-0.4, -0.2) is 87.7 Å². The Labute approximate surface area is 215 Å². The van der Waals surface area contributed by atoms with Crippen molar-refractivity contribution in [3.05, 3.63) is 48.5 Å². The predicted molar refractivity (Wildman–Crippen MR) is 131 cm³/mol. The van der Waals surface area contributed by atoms with Crippen LogP contribution in [0.4, 0.5) is 30.6 Å². The van der Waals surface area contributed by atoms with E-state index in [0.717, 1.165) is 31.3 Å². The molecule has 2 aromatic heterocycles. The van der Waals surface area contributed by atoms with E-state index in [1.807, 2.05) is 11.9 Å². The maximum absolute atomic E-state index is 12.9. The van der Waals surface area contributed by atoms with Gasteiger partial charge < -0.3 is 26.0 Å². The molecule has 38 heavy (non-hydrogen) atoms. The van der Waals surface area contributed by atoms with Gasteiger partial charge in [0.25, 0.3) is 5.91 Å². The van der Waals surface area contributed by atoms with Gasteiger partial charge in [-0.2, -0.15) is 0 Å². The first-order chi connectivity index (χ1) is 18.1. The van der Waals surface area contributed by atoms with Crippen LogP contribution in [0, 0.1) is 0 Å². The van der Waals surface area contributed by atoms with E-state index in [4.69, 9.17) is 5.73 Å². The number of nitrogens with one attached hydrogen (secondary N) is 2. The molecule has 15 heteroatoms. The molecule has 0 bridgehead atoms. The van der Waals surface area contributed by atoms with E-state index in [2.05, 4.69) is 40.2 Å². The number of alkyl halides is 3. The predicted octanol–water partition coefficient (Wildman–Crippen LogP) is 1.85. The lowest BCUT2D eigenvalue weighted by atomic mass is 10.1. The number of nitrogen functional groups attached to an aromatic ring is 1. The van der Waals surface area contributed by atoms with Gasteiger partial charge >= 0.3 is 6.36 Å². The van der Waals surface area contributed by atoms with Crippen molar-refractivity contribution < 1.29 is 27.5 Å². The minimum absolute atomic E-state index is 0.0172. The van der Waals surface area contributed by atoms with Crippen LogP contribution in [0.2, 0.25) is 0 Å². The number of carbonyl (C=O) groups excluding carboxylic acids is 2. The van der Waals surface area contributed by atoms with Gasteiger partial charge in [-0.05, 0) is 25.2 Å². The highest BCUT2D eigenvalue weighted by Gasteiger charge is 2.32. The molecule has 1 fully saturated rings. The van der Waals surface area contributed by atoms with Crippen LogP contribution >= 0.6 is 0 Å². The summed E-state index contributed by atoms with van der Waals surface area (Å²) >= 11 is 0. The van der Waals surface area contributed by atoms with Crippen LogP contribution in [-0.2, 0) is 4.79 Å². The number of likely N-dealkylation sites (N-methyl/N-ethyl adjacent to an activating group) is 1. The lowest BCUT2D eigenvalue weighted by molar-refractivity contribution is -0.274. The number of nitrogens with zero attached hydrogens (tertiary/aromatic N) is 6. The summed E-state index contributed by atoms with van der Waals surface area (Å²) in [5.74, 6) is -1.67. The zero-order valence-corrected chi connectivity index (χ0v) is 20.2. The first-order valence-corrected chi connectivity index (χ1v) is 11.4. The largest absolute Gasteiger partial charge is 0.573 e. The number of ether oxygens (including phenoxy) is 1. The Balaban J connectivity index is 1.47. The second kappa shape index (κ2) is 11.4. The van der Waals surface area contributed by atoms with Crippen molar-refractivity contribution >= 4 is 29.3 Å². The summed E-state index contributed by atoms with van der Waals surface area (Å²) in [6, 6.07) is 3.20. The maximum Gasteiger partial charge on any atom is 0.573 e. The molecule has 200 valence electrons. The van der Waals surface area contributed by atoms with Gasteiger partial charge in [-0.25, -0.2) is 15.0 Å². The number of halogens is 3. The maximum atomic E-state index is 12.9. The van der Waals surface area contributed by atoms with Crippen LogP contribution in [0.15, 0.2) is 43.0 Å². The fraction of sp³-hybridized carbons (Fsp3) is 0.304. The molecule has 3 aromatic rings. The second-order valence-corrected chi connectivity index (χ2v) is 8.46. The van der Waals surface area contributed by atoms with Gasteiger partial charge in [-0.3, -0.25) is 19.5 Å². The molecule has 1 aromatic carbocycles. The molecule has 1 aliphatic rings. The van der Waals surface area contributed by atoms with Crippen molar-refractivity contribution in [3.63, 3.8) is 0 Å². The highest BCUT2D eigenvalue weighted by atomic mass is 19.4. The van der Waals surface area contributed by atoms with Gasteiger partial charge in [0, 0.05) is 49.7 Å². The number of carbonyl (C=O) groups is 2. The molecule has 0 atom stereocenters. The SMILES string of the molecule is CN1CCN(CC(=O)Nc2cc(C(=O)Nc3cnc(-c4cnc(N)nc4)cn3)ccc2OC(F)(F)F)CC1. The van der Waals surface area contributed by atoms with Crippen molar-refractivity contribution in [1.29, 1.82) is 0 Å². The Morgan fingerprint density at radius 2 is 1.71 bits per heavy atom. The second-order valence-electron chi connectivity index (χ2n) is 8.46. The molecule has 0 aliphatic carbocycles. The van der Waals surface area contributed by atoms with Crippen LogP contribution in [0.25, 0.3) is 11.3 Å². The van der Waals surface area contributed by atoms with Crippen LogP contribution < -0.4 is 21.1 Å². The van der Waals surface area contributed by atoms with Gasteiger partial charge in [0.2, 0.25) is 11.9 Å². The van der Waals surface area contributed by atoms with E-state index in [1.54, 1.807) is 0 Å². The minimum Gasteiger partial charge on any atom is -0.404 e. The molecule has 0 unspecified atom stereocenters. The summed E-state index contributed by atoms with van der Waals surface area (Å²) in [5, 5.41) is 4.94. The smallest absolute Gasteiger partial charge is 0.404 e. The van der Waals surface area contributed by atoms with Gasteiger partial charge in [-0.15, -0.1) is 13.2 Å². The third kappa shape index (κ3) is 7.33. The summed E-state index contributed by atoms with van der Waals surface area (Å²) < 4.78 is 42.8. The summed E-state index contributed by atoms with van der Waals surface area (Å²) in [6.45, 7) is 2.80. The molecular weight excluding hydrogens is 507 g/mol. The normalized spacial score (nSPS) is 14.6. The molecule has 0 saturated carbocycles. The van der Waals surface area contributed by atoms with E-state index < -0.39 is 23.9 Å². The van der Waals surface area contributed by atoms with Crippen LogP contribution in [0.1, 0.15) is 10.4 Å². The zero-order chi connectivity index (χ0) is 27.3. The third-order valence-corrected chi connectivity index (χ3v) is 5.57. The zero-order valence-electron chi connectivity index (χ0n) is 20.2. The van der Waals surface area contributed by atoms with Crippen LogP contribution in [0.3, 0.4) is 0 Å². The van der Waals surface area contributed by atoms with Crippen molar-refractivity contribution in [2.45, 2.75) is 6.36 Å². The number of amides is 2. The number of aromatic nitrogens is 4. The number of benzene rings is 1. The number of hydrogen-bond donors (Lipinski definition) is 3. The Hall–Kier alpha value is -4.37. The van der Waals surface area contributed by atoms with Crippen molar-refractivity contribution in [1.82, 2.24) is 29.7 Å². The average molecular weight is 531 g/mol. The standard InChI is InChI=1S/C23H24F3N9O3/c1-34-4-6-35(7-5-34)13-20(36)32-16-8-14(2-3-18(16)38-23(24,25)26)21(37)33-19-12-28-17(11-29-19)15-9-30-22(27)31-10-15/h2-3,8-12H,4-7,13H2,1H3,(H,32,36)(H2,27,30,31)(H,29,33,37). The molecule has 12 nitrogen and oxygen atoms in total. The van der Waals surface area contributed by atoms with E-state index in [9.17, 15) is 22.8 Å². The van der Waals surface area contributed by atoms with Gasteiger partial charge in [0.1, 0.15) is 0 Å². The number of rotatable bonds is 7. The number of piperazine rings is 1. The molecule has 4 rings (SSSR count). The third-order valence-electron chi connectivity index (χ3n) is 5.57. The summed E-state index contributed by atoms with van der Waals surface area (Å²) in [6.07, 6.45) is 0.620. The number of hydrogen-bond acceptors (Lipinski definition) is 10. The fourth-order valence-corrected chi connectivity index (χ4v) is 3.58. The first-order valence-electron chi connectivity index (χ1n) is 11.4. The number of anilines is 3. The Bertz CT molecular complexity index is 1280. The molecule has 0 radical (unpaired) electrons. The van der Waals surface area contributed by atoms with Crippen molar-refractivity contribution in [2.75, 3.05) is 56.1 Å². The Morgan fingerprint density at radius 1 is 1.00 bits per heavy atom. The first kappa shape index (κ1) is 26.7. The van der Waals surface area contributed by atoms with Gasteiger partial charge in [-0.1, -0.05) is 0 Å². The molecule has 1 aliphatic heterocycles. The summed E-state index contributed by atoms with van der Waals surface area (Å²) in [4.78, 5) is 45.4. The highest BCUT2D eigenvalue weighted by Crippen LogP contribution is 2.31. The van der Waals surface area contributed by atoms with Gasteiger partial charge in [0.15, 0.2) is 11.6 Å². The lowest BCUT2D eigenvalue weighted by Crippen LogP contribution is -2.47. The molecule has 4 N–H and O–H groups in total. The fourth-order valence-electron chi connectivity index (χ4n) is 3.58. The molecular formula is C23H24F3N9O3. The van der Waals surface area contributed by atoms with Gasteiger partial charge in [0.05, 0.1) is 30.3 Å². The molecule has 2 amide bonds. The monoisotopic (exact) mass is 531 g/mol.